The molecule has 1 heterocycles. The largest absolute Gasteiger partial charge is 0.465 e. The van der Waals surface area contributed by atoms with Crippen molar-refractivity contribution >= 4 is 17.9 Å². The molecule has 1 aromatic carbocycles. The first kappa shape index (κ1) is 23.9. The second-order valence-corrected chi connectivity index (χ2v) is 6.49. The van der Waals surface area contributed by atoms with Crippen LogP contribution in [0.2, 0.25) is 0 Å². The summed E-state index contributed by atoms with van der Waals surface area (Å²) >= 11 is 0. The van der Waals surface area contributed by atoms with Crippen molar-refractivity contribution in [1.29, 1.82) is 0 Å². The first-order valence-corrected chi connectivity index (χ1v) is 9.86. The van der Waals surface area contributed by atoms with Crippen LogP contribution in [0.1, 0.15) is 38.7 Å². The highest BCUT2D eigenvalue weighted by Crippen LogP contribution is 2.38. The van der Waals surface area contributed by atoms with Gasteiger partial charge in [-0.15, -0.1) is 0 Å². The summed E-state index contributed by atoms with van der Waals surface area (Å²) in [4.78, 5) is 48.4. The maximum absolute atomic E-state index is 12.5. The number of fused-ring (bicyclic) bond motifs is 1. The SMILES string of the molecule is CCOC(=O)C(C[C@H](c1ccc2c(c1)OCO2)[C@@H](C(=O)OCC)[N+](=O)[O-])C(=O)OCC. The second-order valence-electron chi connectivity index (χ2n) is 6.49. The summed E-state index contributed by atoms with van der Waals surface area (Å²) < 4.78 is 25.4. The van der Waals surface area contributed by atoms with Crippen LogP contribution < -0.4 is 9.47 Å². The quantitative estimate of drug-likeness (QED) is 0.165. The zero-order valence-electron chi connectivity index (χ0n) is 17.5. The lowest BCUT2D eigenvalue weighted by molar-refractivity contribution is -0.515. The van der Waals surface area contributed by atoms with Crippen LogP contribution >= 0.6 is 0 Å². The Kier molecular flexibility index (Phi) is 8.59. The van der Waals surface area contributed by atoms with Gasteiger partial charge in [0.05, 0.1) is 25.7 Å². The van der Waals surface area contributed by atoms with Gasteiger partial charge in [-0.25, -0.2) is 4.79 Å². The van der Waals surface area contributed by atoms with Gasteiger partial charge in [0.2, 0.25) is 6.79 Å². The van der Waals surface area contributed by atoms with Crippen molar-refractivity contribution in [2.24, 2.45) is 5.92 Å². The molecule has 2 rings (SSSR count). The molecule has 170 valence electrons. The molecule has 0 saturated carbocycles. The minimum atomic E-state index is -1.87. The second kappa shape index (κ2) is 11.1. The predicted octanol–water partition coefficient (Wildman–Crippen LogP) is 1.84. The number of hydrogen-bond donors (Lipinski definition) is 0. The Morgan fingerprint density at radius 3 is 2.06 bits per heavy atom. The third-order valence-corrected chi connectivity index (χ3v) is 4.59. The van der Waals surface area contributed by atoms with Crippen molar-refractivity contribution < 1.29 is 43.0 Å². The van der Waals surface area contributed by atoms with E-state index in [1.54, 1.807) is 13.8 Å². The van der Waals surface area contributed by atoms with E-state index in [0.29, 0.717) is 17.1 Å². The molecular formula is C20H25NO10. The van der Waals surface area contributed by atoms with E-state index in [0.717, 1.165) is 0 Å². The number of nitrogens with zero attached hydrogens (tertiary/aromatic N) is 1. The van der Waals surface area contributed by atoms with E-state index in [9.17, 15) is 24.5 Å². The van der Waals surface area contributed by atoms with E-state index in [-0.39, 0.29) is 26.6 Å². The van der Waals surface area contributed by atoms with Gasteiger partial charge in [-0.1, -0.05) is 6.07 Å². The Bertz CT molecular complexity index is 806. The summed E-state index contributed by atoms with van der Waals surface area (Å²) in [5.41, 5.74) is 0.303. The fraction of sp³-hybridized carbons (Fsp3) is 0.550. The van der Waals surface area contributed by atoms with Crippen LogP contribution in [-0.4, -0.2) is 55.5 Å². The number of ether oxygens (including phenoxy) is 5. The van der Waals surface area contributed by atoms with Crippen LogP contribution in [0.15, 0.2) is 18.2 Å². The van der Waals surface area contributed by atoms with Crippen LogP contribution in [0.5, 0.6) is 11.5 Å². The van der Waals surface area contributed by atoms with Crippen molar-refractivity contribution in [3.05, 3.63) is 33.9 Å². The first-order valence-electron chi connectivity index (χ1n) is 9.86. The zero-order chi connectivity index (χ0) is 23.0. The van der Waals surface area contributed by atoms with Gasteiger partial charge in [-0.05, 0) is 44.9 Å². The Labute approximate surface area is 178 Å². The molecule has 11 heteroatoms. The van der Waals surface area contributed by atoms with Crippen molar-refractivity contribution in [3.8, 4) is 11.5 Å². The van der Waals surface area contributed by atoms with Crippen molar-refractivity contribution in [2.75, 3.05) is 26.6 Å². The predicted molar refractivity (Wildman–Crippen MR) is 104 cm³/mol. The van der Waals surface area contributed by atoms with Crippen LogP contribution in [0.25, 0.3) is 0 Å². The molecule has 2 atom stereocenters. The molecule has 0 unspecified atom stereocenters. The Balaban J connectivity index is 2.50. The van der Waals surface area contributed by atoms with E-state index in [1.807, 2.05) is 0 Å². The number of benzene rings is 1. The van der Waals surface area contributed by atoms with Gasteiger partial charge in [-0.2, -0.15) is 0 Å². The molecule has 0 aromatic heterocycles. The van der Waals surface area contributed by atoms with Gasteiger partial charge in [-0.3, -0.25) is 19.7 Å². The van der Waals surface area contributed by atoms with Gasteiger partial charge in [0.1, 0.15) is 0 Å². The molecule has 0 aliphatic carbocycles. The molecule has 1 aromatic rings. The molecule has 0 saturated heterocycles. The average molecular weight is 439 g/mol. The molecule has 0 spiro atoms. The van der Waals surface area contributed by atoms with Gasteiger partial charge in [0, 0.05) is 4.92 Å². The molecule has 11 nitrogen and oxygen atoms in total. The molecule has 0 radical (unpaired) electrons. The minimum absolute atomic E-state index is 0.0000297. The van der Waals surface area contributed by atoms with Crippen molar-refractivity contribution in [2.45, 2.75) is 39.2 Å². The van der Waals surface area contributed by atoms with E-state index in [2.05, 4.69) is 0 Å². The van der Waals surface area contributed by atoms with Gasteiger partial charge < -0.3 is 23.7 Å². The van der Waals surface area contributed by atoms with Crippen molar-refractivity contribution in [1.82, 2.24) is 0 Å². The van der Waals surface area contributed by atoms with E-state index >= 15 is 0 Å². The minimum Gasteiger partial charge on any atom is -0.465 e. The van der Waals surface area contributed by atoms with Gasteiger partial charge >= 0.3 is 23.9 Å². The zero-order valence-corrected chi connectivity index (χ0v) is 17.5. The maximum atomic E-state index is 12.5. The normalized spacial score (nSPS) is 13.9. The smallest absolute Gasteiger partial charge is 0.382 e. The standard InChI is InChI=1S/C20H25NO10/c1-4-27-18(22)14(19(23)28-5-2)10-13(17(21(25)26)20(24)29-6-3)12-7-8-15-16(9-12)31-11-30-15/h7-9,13-14,17H,4-6,10-11H2,1-3H3/t13-,17+/m1/s1. The fourth-order valence-electron chi connectivity index (χ4n) is 3.24. The molecule has 31 heavy (non-hydrogen) atoms. The Morgan fingerprint density at radius 1 is 0.968 bits per heavy atom. The van der Waals surface area contributed by atoms with Crippen molar-refractivity contribution in [3.63, 3.8) is 0 Å². The number of esters is 3. The monoisotopic (exact) mass is 439 g/mol. The van der Waals surface area contributed by atoms with Gasteiger partial charge in [0.15, 0.2) is 17.4 Å². The Hall–Kier alpha value is -3.37. The average Bonchev–Trinajstić information content (AvgIpc) is 3.18. The van der Waals surface area contributed by atoms with E-state index < -0.39 is 47.1 Å². The summed E-state index contributed by atoms with van der Waals surface area (Å²) in [7, 11) is 0. The summed E-state index contributed by atoms with van der Waals surface area (Å²) in [5.74, 6) is -4.77. The fourth-order valence-corrected chi connectivity index (χ4v) is 3.24. The van der Waals surface area contributed by atoms with Crippen LogP contribution in [0, 0.1) is 16.0 Å². The lowest BCUT2D eigenvalue weighted by Crippen LogP contribution is -2.40. The summed E-state index contributed by atoms with van der Waals surface area (Å²) in [6.45, 7) is 4.55. The summed E-state index contributed by atoms with van der Waals surface area (Å²) in [6.07, 6.45) is -0.401. The van der Waals surface area contributed by atoms with Crippen LogP contribution in [0.3, 0.4) is 0 Å². The van der Waals surface area contributed by atoms with Crippen LogP contribution in [0.4, 0.5) is 0 Å². The third kappa shape index (κ3) is 5.83. The third-order valence-electron chi connectivity index (χ3n) is 4.59. The lowest BCUT2D eigenvalue weighted by atomic mass is 9.83. The number of carbonyl (C=O) groups is 3. The molecule has 1 aliphatic heterocycles. The first-order chi connectivity index (χ1) is 14.8. The highest BCUT2D eigenvalue weighted by Gasteiger charge is 2.45. The van der Waals surface area contributed by atoms with E-state index in [4.69, 9.17) is 23.7 Å². The van der Waals surface area contributed by atoms with Crippen LogP contribution in [-0.2, 0) is 28.6 Å². The highest BCUT2D eigenvalue weighted by atomic mass is 16.7. The Morgan fingerprint density at radius 2 is 1.52 bits per heavy atom. The number of hydrogen-bond acceptors (Lipinski definition) is 10. The highest BCUT2D eigenvalue weighted by molar-refractivity contribution is 5.95. The number of rotatable bonds is 11. The molecule has 0 amide bonds. The molecule has 1 aliphatic rings. The topological polar surface area (TPSA) is 140 Å². The van der Waals surface area contributed by atoms with E-state index in [1.165, 1.54) is 25.1 Å². The molecular weight excluding hydrogens is 414 g/mol. The summed E-state index contributed by atoms with van der Waals surface area (Å²) in [6, 6.07) is 2.67. The lowest BCUT2D eigenvalue weighted by Gasteiger charge is -2.23. The molecule has 0 N–H and O–H groups in total. The maximum Gasteiger partial charge on any atom is 0.382 e. The van der Waals surface area contributed by atoms with Gasteiger partial charge in [0.25, 0.3) is 0 Å². The molecule has 0 bridgehead atoms. The number of carbonyl (C=O) groups excluding carboxylic acids is 3. The summed E-state index contributed by atoms with van der Waals surface area (Å²) in [5, 5.41) is 11.9. The molecule has 0 fully saturated rings. The number of nitro groups is 1.